The fourth-order valence-corrected chi connectivity index (χ4v) is 3.15. The number of imidazole rings is 1. The quantitative estimate of drug-likeness (QED) is 0.839. The molecule has 1 aromatic heterocycles. The van der Waals surface area contributed by atoms with Gasteiger partial charge in [-0.2, -0.15) is 8.36 Å². The molecule has 0 aliphatic rings. The number of Topliss-reactive ketones (excluding diaryl/α,β-unsaturated/α-hetero) is 1. The zero-order valence-corrected chi connectivity index (χ0v) is 12.1. The van der Waals surface area contributed by atoms with Crippen molar-refractivity contribution in [1.29, 1.82) is 0 Å². The number of rotatable bonds is 5. The molecule has 1 heterocycles. The van der Waals surface area contributed by atoms with Crippen LogP contribution in [0.4, 0.5) is 13.2 Å². The standard InChI is InChI=1S/C13H11F3N2O3S/c1-8-2-4-10(5-3-8)22(20,21)18-9(7-17-13(18)16)6-11(19)12(14)15/h2-5,7,12H,6H2,1H3. The number of hydrogen-bond donors (Lipinski definition) is 0. The maximum Gasteiger partial charge on any atom is 0.303 e. The van der Waals surface area contributed by atoms with Gasteiger partial charge in [0, 0.05) is 0 Å². The van der Waals surface area contributed by atoms with Gasteiger partial charge in [0.1, 0.15) is 0 Å². The molecule has 0 fully saturated rings. The molecule has 0 unspecified atom stereocenters. The summed E-state index contributed by atoms with van der Waals surface area (Å²) in [5.41, 5.74) is 0.335. The van der Waals surface area contributed by atoms with Crippen LogP contribution in [-0.2, 0) is 21.2 Å². The number of carbonyl (C=O) groups is 1. The van der Waals surface area contributed by atoms with Gasteiger partial charge in [0.05, 0.1) is 23.2 Å². The number of nitrogens with zero attached hydrogens (tertiary/aromatic N) is 2. The third-order valence-corrected chi connectivity index (χ3v) is 4.64. The first kappa shape index (κ1) is 16.2. The smallest absolute Gasteiger partial charge is 0.293 e. The van der Waals surface area contributed by atoms with E-state index in [9.17, 15) is 26.4 Å². The van der Waals surface area contributed by atoms with Crippen molar-refractivity contribution in [3.8, 4) is 0 Å². The summed E-state index contributed by atoms with van der Waals surface area (Å²) in [6.45, 7) is 1.74. The van der Waals surface area contributed by atoms with Gasteiger partial charge in [0.25, 0.3) is 16.4 Å². The van der Waals surface area contributed by atoms with Crippen LogP contribution in [0.5, 0.6) is 0 Å². The van der Waals surface area contributed by atoms with Gasteiger partial charge in [-0.3, -0.25) is 4.79 Å². The first-order chi connectivity index (χ1) is 10.2. The van der Waals surface area contributed by atoms with Crippen molar-refractivity contribution in [2.45, 2.75) is 24.7 Å². The van der Waals surface area contributed by atoms with Gasteiger partial charge >= 0.3 is 6.08 Å². The predicted molar refractivity (Wildman–Crippen MR) is 70.7 cm³/mol. The minimum absolute atomic E-state index is 0.165. The fourth-order valence-electron chi connectivity index (χ4n) is 1.79. The largest absolute Gasteiger partial charge is 0.303 e. The van der Waals surface area contributed by atoms with Crippen LogP contribution in [-0.4, -0.2) is 29.6 Å². The fraction of sp³-hybridized carbons (Fsp3) is 0.231. The van der Waals surface area contributed by atoms with Gasteiger partial charge in [0.15, 0.2) is 0 Å². The molecule has 0 saturated heterocycles. The summed E-state index contributed by atoms with van der Waals surface area (Å²) in [7, 11) is -4.36. The van der Waals surface area contributed by atoms with E-state index in [1.54, 1.807) is 6.92 Å². The molecule has 0 atom stereocenters. The van der Waals surface area contributed by atoms with Crippen molar-refractivity contribution in [2.24, 2.45) is 0 Å². The highest BCUT2D eigenvalue weighted by molar-refractivity contribution is 7.90. The number of ketones is 1. The Morgan fingerprint density at radius 3 is 2.41 bits per heavy atom. The van der Waals surface area contributed by atoms with Crippen LogP contribution in [0.1, 0.15) is 11.3 Å². The van der Waals surface area contributed by atoms with Crippen LogP contribution in [0, 0.1) is 13.0 Å². The number of benzene rings is 1. The lowest BCUT2D eigenvalue weighted by Crippen LogP contribution is -2.21. The highest BCUT2D eigenvalue weighted by Crippen LogP contribution is 2.19. The third kappa shape index (κ3) is 3.03. The predicted octanol–water partition coefficient (Wildman–Crippen LogP) is 1.94. The highest BCUT2D eigenvalue weighted by atomic mass is 32.2. The second kappa shape index (κ2) is 5.91. The Morgan fingerprint density at radius 2 is 1.86 bits per heavy atom. The minimum atomic E-state index is -4.36. The zero-order valence-electron chi connectivity index (χ0n) is 11.3. The molecule has 1 aromatic carbocycles. The Labute approximate surface area is 124 Å². The molecule has 0 radical (unpaired) electrons. The van der Waals surface area contributed by atoms with E-state index in [-0.39, 0.29) is 8.87 Å². The molecule has 0 spiro atoms. The second-order valence-corrected chi connectivity index (χ2v) is 6.33. The van der Waals surface area contributed by atoms with Crippen molar-refractivity contribution in [3.05, 3.63) is 47.8 Å². The van der Waals surface area contributed by atoms with E-state index in [0.29, 0.717) is 0 Å². The van der Waals surface area contributed by atoms with Gasteiger partial charge in [-0.05, 0) is 19.1 Å². The Morgan fingerprint density at radius 1 is 1.27 bits per heavy atom. The van der Waals surface area contributed by atoms with Crippen LogP contribution in [0.3, 0.4) is 0 Å². The number of aryl methyl sites for hydroxylation is 1. The van der Waals surface area contributed by atoms with Crippen molar-refractivity contribution < 1.29 is 26.4 Å². The molecule has 22 heavy (non-hydrogen) atoms. The van der Waals surface area contributed by atoms with E-state index in [1.165, 1.54) is 24.3 Å². The number of alkyl halides is 2. The van der Waals surface area contributed by atoms with E-state index in [1.807, 2.05) is 0 Å². The van der Waals surface area contributed by atoms with Crippen molar-refractivity contribution >= 4 is 15.8 Å². The Bertz CT molecular complexity index is 798. The van der Waals surface area contributed by atoms with Crippen LogP contribution in [0.15, 0.2) is 35.4 Å². The maximum absolute atomic E-state index is 13.7. The maximum atomic E-state index is 13.7. The van der Waals surface area contributed by atoms with Crippen molar-refractivity contribution in [2.75, 3.05) is 0 Å². The van der Waals surface area contributed by atoms with Crippen molar-refractivity contribution in [1.82, 2.24) is 8.96 Å². The summed E-state index contributed by atoms with van der Waals surface area (Å²) in [5.74, 6) is -1.51. The molecule has 118 valence electrons. The molecular formula is C13H11F3N2O3S. The van der Waals surface area contributed by atoms with Gasteiger partial charge in [-0.25, -0.2) is 22.2 Å². The Balaban J connectivity index is 2.49. The summed E-state index contributed by atoms with van der Waals surface area (Å²) in [4.78, 5) is 14.0. The number of carbonyl (C=O) groups excluding carboxylic acids is 1. The topological polar surface area (TPSA) is 69.0 Å². The number of aromatic nitrogens is 2. The van der Waals surface area contributed by atoms with E-state index >= 15 is 0 Å². The van der Waals surface area contributed by atoms with Gasteiger partial charge in [-0.15, -0.1) is 0 Å². The average Bonchev–Trinajstić information content (AvgIpc) is 2.80. The van der Waals surface area contributed by atoms with Gasteiger partial charge in [0.2, 0.25) is 5.78 Å². The summed E-state index contributed by atoms with van der Waals surface area (Å²) in [6, 6.07) is 5.52. The highest BCUT2D eigenvalue weighted by Gasteiger charge is 2.27. The van der Waals surface area contributed by atoms with Crippen LogP contribution in [0.25, 0.3) is 0 Å². The first-order valence-corrected chi connectivity index (χ1v) is 7.52. The van der Waals surface area contributed by atoms with Crippen LogP contribution >= 0.6 is 0 Å². The van der Waals surface area contributed by atoms with E-state index < -0.39 is 40.4 Å². The summed E-state index contributed by atoms with van der Waals surface area (Å²) < 4.78 is 63.2. The molecule has 0 aliphatic carbocycles. The lowest BCUT2D eigenvalue weighted by atomic mass is 10.2. The number of halogens is 3. The van der Waals surface area contributed by atoms with Crippen LogP contribution in [0.2, 0.25) is 0 Å². The molecule has 9 heteroatoms. The first-order valence-electron chi connectivity index (χ1n) is 6.08. The summed E-state index contributed by atoms with van der Waals surface area (Å²) >= 11 is 0. The van der Waals surface area contributed by atoms with Crippen LogP contribution < -0.4 is 0 Å². The molecule has 0 aliphatic heterocycles. The molecule has 0 saturated carbocycles. The van der Waals surface area contributed by atoms with Crippen molar-refractivity contribution in [3.63, 3.8) is 0 Å². The monoisotopic (exact) mass is 332 g/mol. The number of hydrogen-bond acceptors (Lipinski definition) is 4. The third-order valence-electron chi connectivity index (χ3n) is 2.91. The Hall–Kier alpha value is -2.16. The molecule has 5 nitrogen and oxygen atoms in total. The second-order valence-electron chi connectivity index (χ2n) is 4.54. The van der Waals surface area contributed by atoms with E-state index in [2.05, 4.69) is 4.98 Å². The molecule has 0 N–H and O–H groups in total. The van der Waals surface area contributed by atoms with E-state index in [4.69, 9.17) is 0 Å². The van der Waals surface area contributed by atoms with Gasteiger partial charge in [-0.1, -0.05) is 17.7 Å². The average molecular weight is 332 g/mol. The normalized spacial score (nSPS) is 11.9. The summed E-state index contributed by atoms with van der Waals surface area (Å²) in [6.07, 6.45) is -4.84. The minimum Gasteiger partial charge on any atom is -0.293 e. The molecular weight excluding hydrogens is 321 g/mol. The summed E-state index contributed by atoms with van der Waals surface area (Å²) in [5, 5.41) is 0. The lowest BCUT2D eigenvalue weighted by molar-refractivity contribution is -0.128. The molecule has 0 amide bonds. The zero-order chi connectivity index (χ0) is 16.5. The SMILES string of the molecule is Cc1ccc(S(=O)(=O)n2c(CC(=O)C(F)F)cnc2F)cc1. The van der Waals surface area contributed by atoms with E-state index in [0.717, 1.165) is 11.8 Å². The molecule has 0 bridgehead atoms. The lowest BCUT2D eigenvalue weighted by Gasteiger charge is -2.10. The molecule has 2 rings (SSSR count). The van der Waals surface area contributed by atoms with Gasteiger partial charge < -0.3 is 0 Å². The molecule has 2 aromatic rings. The Kier molecular flexibility index (Phi) is 4.36.